The Hall–Kier alpha value is -5.08. The third-order valence-corrected chi connectivity index (χ3v) is 8.19. The Labute approximate surface area is 393 Å². The van der Waals surface area contributed by atoms with Gasteiger partial charge in [0.05, 0.1) is 18.6 Å². The van der Waals surface area contributed by atoms with Crippen LogP contribution in [-0.4, -0.2) is 48.6 Å². The van der Waals surface area contributed by atoms with Gasteiger partial charge in [-0.15, -0.1) is 13.2 Å². The van der Waals surface area contributed by atoms with Crippen LogP contribution in [0.1, 0.15) is 132 Å². The zero-order valence-corrected chi connectivity index (χ0v) is 42.2. The number of aliphatic carboxylic acids is 1. The first-order valence-corrected chi connectivity index (χ1v) is 22.3. The Balaban J connectivity index is -0.000000523. The van der Waals surface area contributed by atoms with Crippen LogP contribution in [0.4, 0.5) is 18.9 Å². The van der Waals surface area contributed by atoms with Crippen LogP contribution in [-0.2, 0) is 43.1 Å². The van der Waals surface area contributed by atoms with Gasteiger partial charge in [-0.2, -0.15) is 13.2 Å². The molecule has 0 aromatic heterocycles. The number of carbonyl (C=O) groups is 4. The van der Waals surface area contributed by atoms with Gasteiger partial charge in [-0.1, -0.05) is 113 Å². The highest BCUT2D eigenvalue weighted by molar-refractivity contribution is 6.30. The van der Waals surface area contributed by atoms with Crippen LogP contribution in [0.5, 0.6) is 11.5 Å². The SMILES string of the molecule is C=C.CC.CC.CC.CC(C)(C)CC(=O)O.CCOC(=O)C1(NC(=O)C(Cc2cc(Oc3cccc(Cl)c3)ccc2CNC=O)CC(C)(C)C)CC1.CN.Nc1cccc(C(F)(F)F)c1. The molecule has 1 saturated carbocycles. The monoisotopic (exact) mass is 941 g/mol. The lowest BCUT2D eigenvalue weighted by atomic mass is 9.80. The average molecular weight is 942 g/mol. The summed E-state index contributed by atoms with van der Waals surface area (Å²) >= 11 is 6.09. The first-order valence-electron chi connectivity index (χ1n) is 21.9. The average Bonchev–Trinajstić information content (AvgIpc) is 4.03. The number of carboxylic acid groups (broad SMARTS) is 1. The van der Waals surface area contributed by atoms with E-state index in [0.29, 0.717) is 55.2 Å². The van der Waals surface area contributed by atoms with E-state index in [1.807, 2.05) is 92.6 Å². The van der Waals surface area contributed by atoms with E-state index in [4.69, 9.17) is 31.9 Å². The number of anilines is 1. The van der Waals surface area contributed by atoms with Gasteiger partial charge in [0.25, 0.3) is 0 Å². The molecule has 0 spiro atoms. The van der Waals surface area contributed by atoms with Gasteiger partial charge in [0.1, 0.15) is 17.0 Å². The molecule has 370 valence electrons. The Morgan fingerprint density at radius 2 is 1.38 bits per heavy atom. The summed E-state index contributed by atoms with van der Waals surface area (Å²) in [6, 6.07) is 17.3. The summed E-state index contributed by atoms with van der Waals surface area (Å²) in [5.74, 6) is -0.471. The van der Waals surface area contributed by atoms with Crippen molar-refractivity contribution in [2.24, 2.45) is 22.5 Å². The third-order valence-electron chi connectivity index (χ3n) is 7.96. The summed E-state index contributed by atoms with van der Waals surface area (Å²) in [5, 5.41) is 14.5. The van der Waals surface area contributed by atoms with E-state index in [2.05, 4.69) is 50.3 Å². The van der Waals surface area contributed by atoms with Gasteiger partial charge in [0, 0.05) is 23.2 Å². The second-order valence-corrected chi connectivity index (χ2v) is 16.1. The van der Waals surface area contributed by atoms with Crippen LogP contribution in [0.25, 0.3) is 0 Å². The lowest BCUT2D eigenvalue weighted by Crippen LogP contribution is -2.47. The number of hydrogen-bond donors (Lipinski definition) is 5. The van der Waals surface area contributed by atoms with Crippen molar-refractivity contribution in [2.75, 3.05) is 19.4 Å². The van der Waals surface area contributed by atoms with Gasteiger partial charge in [-0.05, 0) is 110 Å². The molecule has 1 fully saturated rings. The summed E-state index contributed by atoms with van der Waals surface area (Å²) in [7, 11) is 1.50. The molecule has 65 heavy (non-hydrogen) atoms. The standard InChI is InChI=1S/C28H35ClN2O5.C7H6F3N.C6H12O2.3C2H6.C2H4.CH5N/c1-5-35-26(34)28(11-12-28)31-25(33)21(16-27(2,3)4)13-20-14-24(10-9-19(20)17-30-18-32)36-23-8-6-7-22(29)15-23;8-7(9,10)5-2-1-3-6(11)4-5;1-6(2,3)4-5(7)8;5*1-2/h6-10,14-15,18,21H,5,11-13,16-17H2,1-4H3,(H,30,32)(H,31,33);1-4H,11H2;4H2,1-3H3,(H,7,8);3*1-2H3;1-2H2;2H2,1H3. The summed E-state index contributed by atoms with van der Waals surface area (Å²) in [4.78, 5) is 46.9. The Bertz CT molecular complexity index is 1770. The van der Waals surface area contributed by atoms with Crippen molar-refractivity contribution in [1.82, 2.24) is 10.6 Å². The number of alkyl halides is 3. The molecule has 1 unspecified atom stereocenters. The predicted molar refractivity (Wildman–Crippen MR) is 262 cm³/mol. The van der Waals surface area contributed by atoms with Crippen LogP contribution in [0, 0.1) is 16.7 Å². The van der Waals surface area contributed by atoms with Crippen molar-refractivity contribution in [1.29, 1.82) is 0 Å². The van der Waals surface area contributed by atoms with E-state index in [9.17, 15) is 32.3 Å². The number of carbonyl (C=O) groups excluding carboxylic acids is 3. The number of hydrogen-bond acceptors (Lipinski definition) is 8. The lowest BCUT2D eigenvalue weighted by molar-refractivity contribution is -0.149. The molecule has 11 nitrogen and oxygen atoms in total. The highest BCUT2D eigenvalue weighted by Crippen LogP contribution is 2.38. The van der Waals surface area contributed by atoms with E-state index in [-0.39, 0.29) is 41.4 Å². The van der Waals surface area contributed by atoms with Gasteiger partial charge in [0.15, 0.2) is 0 Å². The molecule has 1 aliphatic carbocycles. The fraction of sp³-hybridized carbons (Fsp3) is 0.520. The van der Waals surface area contributed by atoms with Crippen LogP contribution in [0.15, 0.2) is 79.9 Å². The van der Waals surface area contributed by atoms with E-state index < -0.39 is 29.2 Å². The number of esters is 1. The van der Waals surface area contributed by atoms with E-state index >= 15 is 0 Å². The van der Waals surface area contributed by atoms with E-state index in [0.717, 1.165) is 23.3 Å². The lowest BCUT2D eigenvalue weighted by Gasteiger charge is -2.28. The molecule has 0 aliphatic heterocycles. The highest BCUT2D eigenvalue weighted by atomic mass is 35.5. The Morgan fingerprint density at radius 1 is 0.846 bits per heavy atom. The maximum absolute atomic E-state index is 13.5. The first-order chi connectivity index (χ1) is 30.5. The molecule has 15 heteroatoms. The van der Waals surface area contributed by atoms with Crippen LogP contribution >= 0.6 is 11.6 Å². The molecule has 7 N–H and O–H groups in total. The van der Waals surface area contributed by atoms with Crippen molar-refractivity contribution in [3.8, 4) is 11.5 Å². The van der Waals surface area contributed by atoms with Crippen molar-refractivity contribution in [3.63, 3.8) is 0 Å². The van der Waals surface area contributed by atoms with E-state index in [1.54, 1.807) is 19.1 Å². The van der Waals surface area contributed by atoms with Gasteiger partial charge >= 0.3 is 18.1 Å². The van der Waals surface area contributed by atoms with Crippen molar-refractivity contribution >= 4 is 41.5 Å². The third kappa shape index (κ3) is 30.6. The number of amides is 2. The molecule has 1 atom stereocenters. The molecule has 3 aromatic carbocycles. The van der Waals surface area contributed by atoms with Gasteiger partial charge < -0.3 is 36.7 Å². The fourth-order valence-corrected chi connectivity index (χ4v) is 5.57. The molecular formula is C50H80ClF3N4O7. The minimum Gasteiger partial charge on any atom is -0.481 e. The van der Waals surface area contributed by atoms with Crippen molar-refractivity contribution in [2.45, 2.75) is 140 Å². The minimum atomic E-state index is -4.30. The summed E-state index contributed by atoms with van der Waals surface area (Å²) in [6.45, 7) is 32.3. The molecule has 4 rings (SSSR count). The van der Waals surface area contributed by atoms with Crippen molar-refractivity contribution < 1.29 is 46.9 Å². The van der Waals surface area contributed by atoms with Gasteiger partial charge in [0.2, 0.25) is 12.3 Å². The summed E-state index contributed by atoms with van der Waals surface area (Å²) in [6.07, 6.45) is -1.21. The zero-order valence-electron chi connectivity index (χ0n) is 41.4. The molecule has 0 bridgehead atoms. The van der Waals surface area contributed by atoms with E-state index in [1.165, 1.54) is 19.2 Å². The molecule has 0 saturated heterocycles. The van der Waals surface area contributed by atoms with Gasteiger partial charge in [-0.25, -0.2) is 4.79 Å². The van der Waals surface area contributed by atoms with Crippen LogP contribution in [0.3, 0.4) is 0 Å². The maximum atomic E-state index is 13.5. The predicted octanol–water partition coefficient (Wildman–Crippen LogP) is 12.4. The van der Waals surface area contributed by atoms with Crippen LogP contribution in [0.2, 0.25) is 5.02 Å². The maximum Gasteiger partial charge on any atom is 0.416 e. The number of nitrogens with one attached hydrogen (secondary N) is 2. The normalized spacial score (nSPS) is 12.0. The molecule has 0 radical (unpaired) electrons. The number of rotatable bonds is 13. The minimum absolute atomic E-state index is 0.0775. The second kappa shape index (κ2) is 35.2. The zero-order chi connectivity index (χ0) is 51.6. The number of carboxylic acids is 1. The first kappa shape index (κ1) is 66.5. The molecular weight excluding hydrogens is 861 g/mol. The number of halogens is 4. The van der Waals surface area contributed by atoms with Crippen molar-refractivity contribution in [3.05, 3.63) is 102 Å². The molecule has 0 heterocycles. The Morgan fingerprint density at radius 3 is 1.78 bits per heavy atom. The second-order valence-electron chi connectivity index (χ2n) is 15.7. The van der Waals surface area contributed by atoms with Crippen LogP contribution < -0.4 is 26.8 Å². The molecule has 2 amide bonds. The smallest absolute Gasteiger partial charge is 0.416 e. The number of benzene rings is 3. The quantitative estimate of drug-likeness (QED) is 0.0482. The number of nitrogen functional groups attached to an aromatic ring is 1. The topological polar surface area (TPSA) is 183 Å². The number of nitrogens with two attached hydrogens (primary N) is 2. The Kier molecular flexibility index (Phi) is 36.0. The summed E-state index contributed by atoms with van der Waals surface area (Å²) in [5.41, 5.74) is 9.72. The van der Waals surface area contributed by atoms with Gasteiger partial charge in [-0.3, -0.25) is 14.4 Å². The molecule has 3 aromatic rings. The number of ether oxygens (including phenoxy) is 2. The largest absolute Gasteiger partial charge is 0.481 e. The highest BCUT2D eigenvalue weighted by Gasteiger charge is 2.53. The summed E-state index contributed by atoms with van der Waals surface area (Å²) < 4.78 is 46.9. The fourth-order valence-electron chi connectivity index (χ4n) is 5.39. The molecule has 1 aliphatic rings.